The lowest BCUT2D eigenvalue weighted by Crippen LogP contribution is -2.25. The molecule has 0 rings (SSSR count). The van der Waals surface area contributed by atoms with Crippen molar-refractivity contribution >= 4 is 15.7 Å². The second-order valence-corrected chi connectivity index (χ2v) is 8.56. The Morgan fingerprint density at radius 1 is 0.636 bits per heavy atom. The fourth-order valence-corrected chi connectivity index (χ4v) is 0.400. The van der Waals surface area contributed by atoms with E-state index in [-0.39, 0.29) is 10.6 Å². The Morgan fingerprint density at radius 2 is 0.773 bits per heavy atom. The second kappa shape index (κ2) is 12.5. The van der Waals surface area contributed by atoms with E-state index in [0.717, 1.165) is 13.1 Å². The standard InChI is InChI=1S/2C6H13B.C6H16N2/c2*1-5(2)6(3,4)7;1-7(2)5-6-8(3)4/h2*5H,1-4H3;5-6H2,1-4H3. The van der Waals surface area contributed by atoms with Crippen LogP contribution in [0.3, 0.4) is 0 Å². The maximum atomic E-state index is 5.68. The number of hydrogen-bond donors (Lipinski definition) is 0. The van der Waals surface area contributed by atoms with Crippen molar-refractivity contribution in [2.24, 2.45) is 11.8 Å². The Hall–Kier alpha value is 0.0499. The first-order valence-electron chi connectivity index (χ1n) is 8.39. The molecule has 0 aromatic rings. The summed E-state index contributed by atoms with van der Waals surface area (Å²) in [5.74, 6) is 1.15. The van der Waals surface area contributed by atoms with Crippen LogP contribution in [0.2, 0.25) is 10.6 Å². The van der Waals surface area contributed by atoms with Crippen LogP contribution < -0.4 is 0 Å². The lowest BCUT2D eigenvalue weighted by molar-refractivity contribution is 0.320. The van der Waals surface area contributed by atoms with E-state index >= 15 is 0 Å². The minimum absolute atomic E-state index is 0.000000000000000222. The number of hydrogen-bond acceptors (Lipinski definition) is 2. The van der Waals surface area contributed by atoms with Crippen molar-refractivity contribution in [3.63, 3.8) is 0 Å². The molecular weight excluding hydrogens is 266 g/mol. The van der Waals surface area contributed by atoms with Crippen molar-refractivity contribution in [2.45, 2.75) is 66.0 Å². The molecule has 0 fully saturated rings. The largest absolute Gasteiger partial charge is 0.308 e. The van der Waals surface area contributed by atoms with Crippen LogP contribution in [0.25, 0.3) is 0 Å². The van der Waals surface area contributed by atoms with Gasteiger partial charge in [0.15, 0.2) is 0 Å². The average molecular weight is 308 g/mol. The van der Waals surface area contributed by atoms with Crippen LogP contribution >= 0.6 is 0 Å². The van der Waals surface area contributed by atoms with Crippen molar-refractivity contribution < 1.29 is 0 Å². The van der Waals surface area contributed by atoms with Crippen LogP contribution in [0.4, 0.5) is 0 Å². The summed E-state index contributed by atoms with van der Waals surface area (Å²) < 4.78 is 0. The Kier molecular flexibility index (Phi) is 15.3. The highest BCUT2D eigenvalue weighted by Gasteiger charge is 2.13. The average Bonchev–Trinajstić information content (AvgIpc) is 2.25. The zero-order chi connectivity index (χ0) is 18.7. The van der Waals surface area contributed by atoms with Crippen LogP contribution in [0.1, 0.15) is 55.4 Å². The zero-order valence-corrected chi connectivity index (χ0v) is 17.6. The number of rotatable bonds is 5. The van der Waals surface area contributed by atoms with Crippen LogP contribution in [0, 0.1) is 11.8 Å². The summed E-state index contributed by atoms with van der Waals surface area (Å²) in [6.07, 6.45) is 0. The van der Waals surface area contributed by atoms with E-state index in [0.29, 0.717) is 11.8 Å². The second-order valence-electron chi connectivity index (χ2n) is 8.56. The predicted molar refractivity (Wildman–Crippen MR) is 106 cm³/mol. The lowest BCUT2D eigenvalue weighted by Gasteiger charge is -2.23. The summed E-state index contributed by atoms with van der Waals surface area (Å²) in [6, 6.07) is 0. The first-order valence-corrected chi connectivity index (χ1v) is 8.39. The molecule has 0 N–H and O–H groups in total. The molecule has 0 bridgehead atoms. The minimum Gasteiger partial charge on any atom is -0.308 e. The van der Waals surface area contributed by atoms with Gasteiger partial charge in [0, 0.05) is 13.1 Å². The summed E-state index contributed by atoms with van der Waals surface area (Å²) >= 11 is 0. The smallest absolute Gasteiger partial charge is 0.0742 e. The van der Waals surface area contributed by atoms with Crippen molar-refractivity contribution in [2.75, 3.05) is 41.3 Å². The van der Waals surface area contributed by atoms with Gasteiger partial charge in [0.25, 0.3) is 0 Å². The van der Waals surface area contributed by atoms with Gasteiger partial charge in [-0.15, -0.1) is 0 Å². The molecule has 0 aromatic carbocycles. The van der Waals surface area contributed by atoms with E-state index in [1.165, 1.54) is 0 Å². The highest BCUT2D eigenvalue weighted by molar-refractivity contribution is 6.14. The lowest BCUT2D eigenvalue weighted by atomic mass is 9.65. The molecule has 130 valence electrons. The van der Waals surface area contributed by atoms with Crippen molar-refractivity contribution in [3.8, 4) is 0 Å². The van der Waals surface area contributed by atoms with E-state index in [1.807, 2.05) is 27.7 Å². The van der Waals surface area contributed by atoms with Gasteiger partial charge in [-0.1, -0.05) is 66.0 Å². The molecule has 0 aliphatic heterocycles. The van der Waals surface area contributed by atoms with Crippen LogP contribution in [0.5, 0.6) is 0 Å². The summed E-state index contributed by atoms with van der Waals surface area (Å²) in [5.41, 5.74) is 0. The highest BCUT2D eigenvalue weighted by Crippen LogP contribution is 2.29. The maximum Gasteiger partial charge on any atom is 0.0742 e. The predicted octanol–water partition coefficient (Wildman–Crippen LogP) is 4.13. The third kappa shape index (κ3) is 25.0. The van der Waals surface area contributed by atoms with Crippen LogP contribution in [-0.2, 0) is 0 Å². The molecule has 0 atom stereocenters. The van der Waals surface area contributed by atoms with Gasteiger partial charge >= 0.3 is 0 Å². The normalized spacial score (nSPS) is 12.2. The number of likely N-dealkylation sites (N-methyl/N-ethyl adjacent to an activating group) is 2. The van der Waals surface area contributed by atoms with Crippen LogP contribution in [-0.4, -0.2) is 66.8 Å². The molecule has 4 heteroatoms. The van der Waals surface area contributed by atoms with E-state index < -0.39 is 0 Å². The molecule has 0 unspecified atom stereocenters. The summed E-state index contributed by atoms with van der Waals surface area (Å²) in [6.45, 7) is 18.9. The first kappa shape index (κ1) is 26.9. The molecule has 0 aliphatic rings. The molecule has 0 saturated heterocycles. The third-order valence-corrected chi connectivity index (χ3v) is 3.97. The zero-order valence-electron chi connectivity index (χ0n) is 17.6. The minimum atomic E-state index is 0.000000000000000222. The molecule has 0 aliphatic carbocycles. The summed E-state index contributed by atoms with van der Waals surface area (Å²) in [5, 5.41) is 0.000000000000000444. The molecule has 0 spiro atoms. The summed E-state index contributed by atoms with van der Waals surface area (Å²) in [4.78, 5) is 4.36. The Labute approximate surface area is 145 Å². The Morgan fingerprint density at radius 3 is 0.818 bits per heavy atom. The number of nitrogens with zero attached hydrogens (tertiary/aromatic N) is 2. The highest BCUT2D eigenvalue weighted by atomic mass is 15.1. The van der Waals surface area contributed by atoms with Gasteiger partial charge in [-0.2, -0.15) is 0 Å². The molecule has 0 amide bonds. The molecule has 2 nitrogen and oxygen atoms in total. The monoisotopic (exact) mass is 308 g/mol. The van der Waals surface area contributed by atoms with E-state index in [2.05, 4.69) is 65.7 Å². The fourth-order valence-electron chi connectivity index (χ4n) is 0.400. The van der Waals surface area contributed by atoms with Crippen molar-refractivity contribution in [1.29, 1.82) is 0 Å². The topological polar surface area (TPSA) is 6.48 Å². The van der Waals surface area contributed by atoms with E-state index in [1.54, 1.807) is 0 Å². The molecule has 0 aromatic heterocycles. The first-order chi connectivity index (χ1) is 9.51. The Bertz CT molecular complexity index is 210. The van der Waals surface area contributed by atoms with Gasteiger partial charge < -0.3 is 9.80 Å². The SMILES string of the molecule is CN(C)CCN(C)C.[B]C(C)(C)C(C)C.[B]C(C)(C)C(C)C. The molecule has 22 heavy (non-hydrogen) atoms. The van der Waals surface area contributed by atoms with E-state index in [4.69, 9.17) is 15.7 Å². The quantitative estimate of drug-likeness (QED) is 0.705. The molecule has 0 heterocycles. The Balaban J connectivity index is -0.000000247. The summed E-state index contributed by atoms with van der Waals surface area (Å²) in [7, 11) is 19.7. The van der Waals surface area contributed by atoms with Gasteiger partial charge in [0.05, 0.1) is 15.7 Å². The van der Waals surface area contributed by atoms with Crippen molar-refractivity contribution in [3.05, 3.63) is 0 Å². The van der Waals surface area contributed by atoms with Gasteiger partial charge in [0.1, 0.15) is 0 Å². The maximum absolute atomic E-state index is 5.68. The fraction of sp³-hybridized carbons (Fsp3) is 1.00. The van der Waals surface area contributed by atoms with Gasteiger partial charge in [-0.25, -0.2) is 0 Å². The van der Waals surface area contributed by atoms with E-state index in [9.17, 15) is 0 Å². The van der Waals surface area contributed by atoms with Gasteiger partial charge in [0.2, 0.25) is 0 Å². The van der Waals surface area contributed by atoms with Gasteiger partial charge in [-0.3, -0.25) is 0 Å². The van der Waals surface area contributed by atoms with Crippen LogP contribution in [0.15, 0.2) is 0 Å². The molecule has 0 saturated carbocycles. The van der Waals surface area contributed by atoms with Crippen molar-refractivity contribution in [1.82, 2.24) is 9.80 Å². The third-order valence-electron chi connectivity index (χ3n) is 3.97. The molecule has 4 radical (unpaired) electrons. The van der Waals surface area contributed by atoms with Gasteiger partial charge in [-0.05, 0) is 40.0 Å². The molecular formula is C18H42B2N2.